The van der Waals surface area contributed by atoms with Crippen molar-refractivity contribution in [1.29, 1.82) is 5.26 Å². The van der Waals surface area contributed by atoms with E-state index in [4.69, 9.17) is 11.6 Å². The number of nitrogens with one attached hydrogen (secondary N) is 1. The van der Waals surface area contributed by atoms with Gasteiger partial charge in [0.1, 0.15) is 17.5 Å². The highest BCUT2D eigenvalue weighted by Crippen LogP contribution is 2.21. The third-order valence-electron chi connectivity index (χ3n) is 4.27. The van der Waals surface area contributed by atoms with Gasteiger partial charge in [0, 0.05) is 48.8 Å². The summed E-state index contributed by atoms with van der Waals surface area (Å²) in [6, 6.07) is 15.0. The molecule has 0 unspecified atom stereocenters. The van der Waals surface area contributed by atoms with Gasteiger partial charge in [-0.3, -0.25) is 4.79 Å². The topological polar surface area (TPSA) is 59.4 Å². The molecule has 0 aromatic heterocycles. The first-order valence-electron chi connectivity index (χ1n) is 8.48. The molecule has 138 valence electrons. The molecule has 0 spiro atoms. The zero-order chi connectivity index (χ0) is 19.2. The number of carbonyl (C=O) groups excluding carboxylic acids is 1. The molecule has 7 heteroatoms. The third kappa shape index (κ3) is 4.99. The van der Waals surface area contributed by atoms with Crippen molar-refractivity contribution in [3.05, 3.63) is 71.1 Å². The van der Waals surface area contributed by atoms with Crippen LogP contribution in [0.3, 0.4) is 0 Å². The Morgan fingerprint density at radius 1 is 1.15 bits per heavy atom. The van der Waals surface area contributed by atoms with Crippen LogP contribution in [0.5, 0.6) is 0 Å². The molecule has 0 atom stereocenters. The lowest BCUT2D eigenvalue weighted by molar-refractivity contribution is -0.112. The van der Waals surface area contributed by atoms with Crippen LogP contribution >= 0.6 is 11.6 Å². The first-order chi connectivity index (χ1) is 13.0. The Hall–Kier alpha value is -3.04. The fourth-order valence-electron chi connectivity index (χ4n) is 2.83. The van der Waals surface area contributed by atoms with E-state index < -0.39 is 5.91 Å². The van der Waals surface area contributed by atoms with Gasteiger partial charge >= 0.3 is 0 Å². The van der Waals surface area contributed by atoms with Gasteiger partial charge in [0.15, 0.2) is 0 Å². The molecule has 1 N–H and O–H groups in total. The molecule has 5 nitrogen and oxygen atoms in total. The van der Waals surface area contributed by atoms with Gasteiger partial charge in [0.2, 0.25) is 0 Å². The van der Waals surface area contributed by atoms with Crippen LogP contribution in [0.1, 0.15) is 0 Å². The lowest BCUT2D eigenvalue weighted by Gasteiger charge is -2.35. The average molecular weight is 385 g/mol. The standard InChI is InChI=1S/C20H18ClFN4O/c21-16-2-1-3-19(12-16)26-10-8-25(9-11-26)14-15(13-23)20(27)24-18-6-4-17(22)5-7-18/h1-7,12,14H,8-11H2,(H,24,27)/b15-14+. The van der Waals surface area contributed by atoms with Gasteiger partial charge in [-0.25, -0.2) is 4.39 Å². The maximum absolute atomic E-state index is 12.9. The zero-order valence-electron chi connectivity index (χ0n) is 14.5. The van der Waals surface area contributed by atoms with Crippen LogP contribution in [0.25, 0.3) is 0 Å². The number of nitriles is 1. The molecule has 1 aliphatic heterocycles. The molecule has 1 fully saturated rings. The normalized spacial score (nSPS) is 14.6. The van der Waals surface area contributed by atoms with Gasteiger partial charge in [0.05, 0.1) is 0 Å². The highest BCUT2D eigenvalue weighted by molar-refractivity contribution is 6.30. The van der Waals surface area contributed by atoms with Crippen molar-refractivity contribution in [1.82, 2.24) is 4.90 Å². The van der Waals surface area contributed by atoms with E-state index in [0.717, 1.165) is 18.8 Å². The summed E-state index contributed by atoms with van der Waals surface area (Å²) in [5, 5.41) is 12.6. The predicted molar refractivity (Wildman–Crippen MR) is 104 cm³/mol. The molecule has 0 saturated carbocycles. The van der Waals surface area contributed by atoms with Crippen molar-refractivity contribution in [2.24, 2.45) is 0 Å². The highest BCUT2D eigenvalue weighted by atomic mass is 35.5. The molecule has 0 radical (unpaired) electrons. The number of piperazine rings is 1. The van der Waals surface area contributed by atoms with Gasteiger partial charge in [-0.05, 0) is 42.5 Å². The van der Waals surface area contributed by atoms with Crippen LogP contribution in [0, 0.1) is 17.1 Å². The van der Waals surface area contributed by atoms with E-state index in [9.17, 15) is 14.4 Å². The van der Waals surface area contributed by atoms with Gasteiger partial charge in [0.25, 0.3) is 5.91 Å². The molecule has 2 aromatic rings. The van der Waals surface area contributed by atoms with Gasteiger partial charge < -0.3 is 15.1 Å². The van der Waals surface area contributed by atoms with E-state index in [1.165, 1.54) is 24.3 Å². The molecule has 2 aromatic carbocycles. The minimum absolute atomic E-state index is 0.00975. The molecule has 3 rings (SSSR count). The zero-order valence-corrected chi connectivity index (χ0v) is 15.3. The van der Waals surface area contributed by atoms with Crippen LogP contribution < -0.4 is 10.2 Å². The van der Waals surface area contributed by atoms with Crippen molar-refractivity contribution in [2.75, 3.05) is 36.4 Å². The van der Waals surface area contributed by atoms with Gasteiger partial charge in [-0.1, -0.05) is 17.7 Å². The van der Waals surface area contributed by atoms with Gasteiger partial charge in [-0.2, -0.15) is 5.26 Å². The number of anilines is 2. The van der Waals surface area contributed by atoms with Crippen molar-refractivity contribution in [3.8, 4) is 6.07 Å². The van der Waals surface area contributed by atoms with Crippen molar-refractivity contribution < 1.29 is 9.18 Å². The van der Waals surface area contributed by atoms with E-state index >= 15 is 0 Å². The summed E-state index contributed by atoms with van der Waals surface area (Å²) in [6.45, 7) is 2.88. The Labute approximate surface area is 162 Å². The second-order valence-electron chi connectivity index (χ2n) is 6.12. The molecular weight excluding hydrogens is 367 g/mol. The summed E-state index contributed by atoms with van der Waals surface area (Å²) in [6.07, 6.45) is 1.58. The summed E-state index contributed by atoms with van der Waals surface area (Å²) >= 11 is 6.04. The molecule has 0 aliphatic carbocycles. The van der Waals surface area contributed by atoms with Crippen LogP contribution in [0.2, 0.25) is 5.02 Å². The highest BCUT2D eigenvalue weighted by Gasteiger charge is 2.18. The summed E-state index contributed by atoms with van der Waals surface area (Å²) in [5.41, 5.74) is 1.50. The number of nitrogens with zero attached hydrogens (tertiary/aromatic N) is 3. The van der Waals surface area contributed by atoms with E-state index in [2.05, 4.69) is 10.2 Å². The number of halogens is 2. The Kier molecular flexibility index (Phi) is 5.94. The molecular formula is C20H18ClFN4O. The summed E-state index contributed by atoms with van der Waals surface area (Å²) in [4.78, 5) is 16.4. The van der Waals surface area contributed by atoms with Crippen LogP contribution in [-0.4, -0.2) is 37.0 Å². The Morgan fingerprint density at radius 2 is 1.85 bits per heavy atom. The molecule has 1 saturated heterocycles. The number of hydrogen-bond donors (Lipinski definition) is 1. The SMILES string of the molecule is N#C/C(=C\N1CCN(c2cccc(Cl)c2)CC1)C(=O)Nc1ccc(F)cc1. The number of amides is 1. The lowest BCUT2D eigenvalue weighted by Crippen LogP contribution is -2.44. The summed E-state index contributed by atoms with van der Waals surface area (Å²) in [5.74, 6) is -0.900. The fraction of sp³-hybridized carbons (Fsp3) is 0.200. The first kappa shape index (κ1) is 18.7. The largest absolute Gasteiger partial charge is 0.373 e. The van der Waals surface area contributed by atoms with Crippen molar-refractivity contribution in [2.45, 2.75) is 0 Å². The number of carbonyl (C=O) groups is 1. The average Bonchev–Trinajstić information content (AvgIpc) is 2.68. The van der Waals surface area contributed by atoms with Gasteiger partial charge in [-0.15, -0.1) is 0 Å². The number of hydrogen-bond acceptors (Lipinski definition) is 4. The maximum Gasteiger partial charge on any atom is 0.267 e. The molecule has 1 aliphatic rings. The van der Waals surface area contributed by atoms with E-state index in [-0.39, 0.29) is 11.4 Å². The second kappa shape index (κ2) is 8.56. The third-order valence-corrected chi connectivity index (χ3v) is 4.50. The summed E-state index contributed by atoms with van der Waals surface area (Å²) < 4.78 is 12.9. The van der Waals surface area contributed by atoms with Crippen LogP contribution in [0.15, 0.2) is 60.3 Å². The van der Waals surface area contributed by atoms with E-state index in [1.54, 1.807) is 6.20 Å². The second-order valence-corrected chi connectivity index (χ2v) is 6.55. The smallest absolute Gasteiger partial charge is 0.267 e. The van der Waals surface area contributed by atoms with Crippen LogP contribution in [-0.2, 0) is 4.79 Å². The molecule has 1 amide bonds. The molecule has 27 heavy (non-hydrogen) atoms. The maximum atomic E-state index is 12.9. The monoisotopic (exact) mass is 384 g/mol. The van der Waals surface area contributed by atoms with Crippen molar-refractivity contribution in [3.63, 3.8) is 0 Å². The molecule has 0 bridgehead atoms. The van der Waals surface area contributed by atoms with E-state index in [0.29, 0.717) is 23.8 Å². The molecule has 1 heterocycles. The Bertz CT molecular complexity index is 884. The van der Waals surface area contributed by atoms with Crippen LogP contribution in [0.4, 0.5) is 15.8 Å². The predicted octanol–water partition coefficient (Wildman–Crippen LogP) is 3.65. The van der Waals surface area contributed by atoms with E-state index in [1.807, 2.05) is 35.2 Å². The minimum Gasteiger partial charge on any atom is -0.373 e. The first-order valence-corrected chi connectivity index (χ1v) is 8.86. The number of rotatable bonds is 4. The number of benzene rings is 2. The quantitative estimate of drug-likeness (QED) is 0.645. The minimum atomic E-state index is -0.513. The van der Waals surface area contributed by atoms with Crippen molar-refractivity contribution >= 4 is 28.9 Å². The Morgan fingerprint density at radius 3 is 2.48 bits per heavy atom. The fourth-order valence-corrected chi connectivity index (χ4v) is 3.02. The lowest BCUT2D eigenvalue weighted by atomic mass is 10.2. The Balaban J connectivity index is 1.60. The summed E-state index contributed by atoms with van der Waals surface area (Å²) in [7, 11) is 0.